The lowest BCUT2D eigenvalue weighted by molar-refractivity contribution is 0.415. The number of benzene rings is 1. The second-order valence-electron chi connectivity index (χ2n) is 4.64. The first-order chi connectivity index (χ1) is 9.69. The summed E-state index contributed by atoms with van der Waals surface area (Å²) in [7, 11) is 1.64. The highest BCUT2D eigenvalue weighted by atomic mass is 16.5. The van der Waals surface area contributed by atoms with Crippen LogP contribution in [0.1, 0.15) is 5.56 Å². The van der Waals surface area contributed by atoms with E-state index < -0.39 is 0 Å². The highest BCUT2D eigenvalue weighted by molar-refractivity contribution is 5.94. The number of methoxy groups -OCH3 is 1. The first-order valence-electron chi connectivity index (χ1n) is 6.31. The molecule has 0 saturated heterocycles. The minimum atomic E-state index is -0.0613. The third kappa shape index (κ3) is 2.05. The molecule has 0 unspecified atom stereocenters. The second kappa shape index (κ2) is 4.81. The minimum absolute atomic E-state index is 0.0613. The van der Waals surface area contributed by atoms with Gasteiger partial charge in [-0.1, -0.05) is 0 Å². The van der Waals surface area contributed by atoms with Gasteiger partial charge in [-0.25, -0.2) is 0 Å². The van der Waals surface area contributed by atoms with Crippen LogP contribution in [0.5, 0.6) is 5.75 Å². The average Bonchev–Trinajstić information content (AvgIpc) is 2.49. The van der Waals surface area contributed by atoms with E-state index in [4.69, 9.17) is 4.74 Å². The van der Waals surface area contributed by atoms with Crippen molar-refractivity contribution in [1.82, 2.24) is 9.97 Å². The fourth-order valence-corrected chi connectivity index (χ4v) is 2.26. The molecular weight excluding hydrogens is 252 g/mol. The summed E-state index contributed by atoms with van der Waals surface area (Å²) >= 11 is 0. The summed E-state index contributed by atoms with van der Waals surface area (Å²) in [5.74, 6) is 0.778. The van der Waals surface area contributed by atoms with Crippen molar-refractivity contribution in [2.75, 3.05) is 7.11 Å². The van der Waals surface area contributed by atoms with Gasteiger partial charge in [-0.05, 0) is 42.3 Å². The van der Waals surface area contributed by atoms with Crippen LogP contribution < -0.4 is 10.3 Å². The fraction of sp³-hybridized carbons (Fsp3) is 0.125. The molecule has 100 valence electrons. The summed E-state index contributed by atoms with van der Waals surface area (Å²) < 4.78 is 5.22. The number of hydrogen-bond acceptors (Lipinski definition) is 3. The van der Waals surface area contributed by atoms with Gasteiger partial charge in [0.25, 0.3) is 5.56 Å². The third-order valence-electron chi connectivity index (χ3n) is 3.35. The maximum Gasteiger partial charge on any atom is 0.250 e. The number of aromatic amines is 1. The minimum Gasteiger partial charge on any atom is -0.497 e. The first-order valence-corrected chi connectivity index (χ1v) is 6.31. The molecule has 0 bridgehead atoms. The molecule has 0 fully saturated rings. The fourth-order valence-electron chi connectivity index (χ4n) is 2.26. The quantitative estimate of drug-likeness (QED) is 0.776. The van der Waals surface area contributed by atoms with E-state index in [0.717, 1.165) is 27.8 Å². The molecule has 0 saturated carbocycles. The number of nitrogens with zero attached hydrogens (tertiary/aromatic N) is 1. The molecule has 0 radical (unpaired) electrons. The number of fused-ring (bicyclic) bond motifs is 1. The van der Waals surface area contributed by atoms with E-state index >= 15 is 0 Å². The van der Waals surface area contributed by atoms with E-state index in [2.05, 4.69) is 9.97 Å². The lowest BCUT2D eigenvalue weighted by Gasteiger charge is -2.08. The van der Waals surface area contributed by atoms with E-state index in [1.54, 1.807) is 26.4 Å². The molecule has 1 aromatic carbocycles. The Balaban J connectivity index is 2.25. The van der Waals surface area contributed by atoms with Crippen LogP contribution in [0.4, 0.5) is 0 Å². The second-order valence-corrected chi connectivity index (χ2v) is 4.64. The number of H-pyrrole nitrogens is 1. The summed E-state index contributed by atoms with van der Waals surface area (Å²) in [5.41, 5.74) is 3.51. The smallest absolute Gasteiger partial charge is 0.250 e. The van der Waals surface area contributed by atoms with Gasteiger partial charge in [0.1, 0.15) is 5.75 Å². The summed E-state index contributed by atoms with van der Waals surface area (Å²) in [4.78, 5) is 18.6. The normalized spacial score (nSPS) is 10.7. The van der Waals surface area contributed by atoms with Crippen molar-refractivity contribution in [3.8, 4) is 16.9 Å². The van der Waals surface area contributed by atoms with Gasteiger partial charge in [-0.3, -0.25) is 9.78 Å². The van der Waals surface area contributed by atoms with Crippen molar-refractivity contribution in [3.05, 3.63) is 58.6 Å². The van der Waals surface area contributed by atoms with Gasteiger partial charge in [0.15, 0.2) is 0 Å². The Kier molecular flexibility index (Phi) is 2.99. The number of aryl methyl sites for hydroxylation is 1. The number of nitrogens with one attached hydrogen (secondary N) is 1. The summed E-state index contributed by atoms with van der Waals surface area (Å²) in [6, 6.07) is 9.63. The Hall–Kier alpha value is -2.62. The molecule has 0 aliphatic rings. The van der Waals surface area contributed by atoms with Gasteiger partial charge >= 0.3 is 0 Å². The highest BCUT2D eigenvalue weighted by Gasteiger charge is 2.07. The maximum atomic E-state index is 11.5. The molecule has 0 aliphatic carbocycles. The molecule has 0 atom stereocenters. The Morgan fingerprint density at radius 3 is 2.80 bits per heavy atom. The average molecular weight is 266 g/mol. The molecule has 4 nitrogen and oxygen atoms in total. The number of hydrogen-bond donors (Lipinski definition) is 1. The number of ether oxygens (including phenoxy) is 1. The van der Waals surface area contributed by atoms with Gasteiger partial charge in [-0.2, -0.15) is 0 Å². The molecule has 0 aliphatic heterocycles. The van der Waals surface area contributed by atoms with Gasteiger partial charge in [0.05, 0.1) is 12.6 Å². The molecule has 4 heteroatoms. The predicted molar refractivity (Wildman–Crippen MR) is 79.1 cm³/mol. The zero-order valence-electron chi connectivity index (χ0n) is 11.3. The molecule has 20 heavy (non-hydrogen) atoms. The zero-order valence-corrected chi connectivity index (χ0v) is 11.3. The largest absolute Gasteiger partial charge is 0.497 e. The topological polar surface area (TPSA) is 55.0 Å². The summed E-state index contributed by atoms with van der Waals surface area (Å²) in [6.45, 7) is 1.80. The Bertz CT molecular complexity index is 837. The van der Waals surface area contributed by atoms with Crippen LogP contribution in [0.15, 0.2) is 47.5 Å². The SMILES string of the molecule is COc1ccc2c(-c3c[nH]c(=O)c(C)c3)ccnc2c1. The highest BCUT2D eigenvalue weighted by Crippen LogP contribution is 2.29. The molecule has 3 rings (SSSR count). The van der Waals surface area contributed by atoms with Crippen LogP contribution in [0, 0.1) is 6.92 Å². The maximum absolute atomic E-state index is 11.5. The summed E-state index contributed by atoms with van der Waals surface area (Å²) in [6.07, 6.45) is 3.49. The molecule has 0 spiro atoms. The molecule has 2 heterocycles. The lowest BCUT2D eigenvalue weighted by Crippen LogP contribution is -2.07. The van der Waals surface area contributed by atoms with Crippen LogP contribution in [-0.2, 0) is 0 Å². The van der Waals surface area contributed by atoms with Crippen LogP contribution >= 0.6 is 0 Å². The van der Waals surface area contributed by atoms with Gasteiger partial charge < -0.3 is 9.72 Å². The number of pyridine rings is 2. The van der Waals surface area contributed by atoms with Gasteiger partial charge in [0, 0.05) is 29.4 Å². The first kappa shape index (κ1) is 12.4. The summed E-state index contributed by atoms with van der Waals surface area (Å²) in [5, 5.41) is 1.03. The van der Waals surface area contributed by atoms with Crippen molar-refractivity contribution in [2.24, 2.45) is 0 Å². The standard InChI is InChI=1S/C16H14N2O2/c1-10-7-11(9-18-16(10)19)13-5-6-17-15-8-12(20-2)3-4-14(13)15/h3-9H,1-2H3,(H,18,19). The monoisotopic (exact) mass is 266 g/mol. The Labute approximate surface area is 116 Å². The van der Waals surface area contributed by atoms with Crippen molar-refractivity contribution in [1.29, 1.82) is 0 Å². The van der Waals surface area contributed by atoms with E-state index in [9.17, 15) is 4.79 Å². The van der Waals surface area contributed by atoms with E-state index in [-0.39, 0.29) is 5.56 Å². The Morgan fingerprint density at radius 2 is 2.05 bits per heavy atom. The molecule has 3 aromatic rings. The van der Waals surface area contributed by atoms with Crippen molar-refractivity contribution < 1.29 is 4.74 Å². The van der Waals surface area contributed by atoms with E-state index in [1.807, 2.05) is 30.3 Å². The number of rotatable bonds is 2. The van der Waals surface area contributed by atoms with Gasteiger partial charge in [0.2, 0.25) is 0 Å². The van der Waals surface area contributed by atoms with Crippen molar-refractivity contribution >= 4 is 10.9 Å². The molecule has 2 aromatic heterocycles. The van der Waals surface area contributed by atoms with Crippen molar-refractivity contribution in [3.63, 3.8) is 0 Å². The lowest BCUT2D eigenvalue weighted by atomic mass is 10.0. The number of aromatic nitrogens is 2. The Morgan fingerprint density at radius 1 is 1.20 bits per heavy atom. The molecule has 1 N–H and O–H groups in total. The van der Waals surface area contributed by atoms with Gasteiger partial charge in [-0.15, -0.1) is 0 Å². The molecule has 0 amide bonds. The predicted octanol–water partition coefficient (Wildman–Crippen LogP) is 2.91. The zero-order chi connectivity index (χ0) is 14.1. The van der Waals surface area contributed by atoms with E-state index in [0.29, 0.717) is 5.56 Å². The molecular formula is C16H14N2O2. The van der Waals surface area contributed by atoms with Crippen LogP contribution in [0.2, 0.25) is 0 Å². The van der Waals surface area contributed by atoms with Crippen LogP contribution in [0.3, 0.4) is 0 Å². The third-order valence-corrected chi connectivity index (χ3v) is 3.35. The van der Waals surface area contributed by atoms with Crippen molar-refractivity contribution in [2.45, 2.75) is 6.92 Å². The van der Waals surface area contributed by atoms with E-state index in [1.165, 1.54) is 0 Å². The van der Waals surface area contributed by atoms with Crippen LogP contribution in [-0.4, -0.2) is 17.1 Å². The van der Waals surface area contributed by atoms with Crippen LogP contribution in [0.25, 0.3) is 22.0 Å².